The van der Waals surface area contributed by atoms with Crippen LogP contribution >= 0.6 is 0 Å². The second-order valence-corrected chi connectivity index (χ2v) is 3.90. The van der Waals surface area contributed by atoms with Crippen LogP contribution in [0.1, 0.15) is 11.1 Å². The summed E-state index contributed by atoms with van der Waals surface area (Å²) in [6.45, 7) is 3.85. The monoisotopic (exact) mass is 254 g/mol. The minimum Gasteiger partial charge on any atom is -0.429 e. The van der Waals surface area contributed by atoms with Gasteiger partial charge in [0, 0.05) is 0 Å². The zero-order valence-corrected chi connectivity index (χ0v) is 10.4. The van der Waals surface area contributed by atoms with Crippen LogP contribution in [0.15, 0.2) is 61.2 Å². The molecular weight excluding hydrogens is 240 g/mol. The van der Waals surface area contributed by atoms with E-state index in [2.05, 4.69) is 6.58 Å². The molecule has 19 heavy (non-hydrogen) atoms. The van der Waals surface area contributed by atoms with E-state index in [-0.39, 0.29) is 6.61 Å². The van der Waals surface area contributed by atoms with Crippen molar-refractivity contribution in [2.24, 2.45) is 0 Å². The molecule has 3 nitrogen and oxygen atoms in total. The Labute approximate surface area is 112 Å². The van der Waals surface area contributed by atoms with Gasteiger partial charge in [-0.1, -0.05) is 55.1 Å². The van der Waals surface area contributed by atoms with E-state index in [1.54, 1.807) is 18.2 Å². The Bertz CT molecular complexity index is 544. The second kappa shape index (κ2) is 6.40. The van der Waals surface area contributed by atoms with E-state index in [1.807, 2.05) is 42.5 Å². The molecule has 0 heterocycles. The van der Waals surface area contributed by atoms with Crippen LogP contribution in [-0.4, -0.2) is 6.16 Å². The molecule has 0 aromatic heterocycles. The molecule has 0 saturated carbocycles. The molecule has 0 saturated heterocycles. The number of carbonyl (C=O) groups excluding carboxylic acids is 1. The SMILES string of the molecule is C=Cc1ccc(OC(=O)OCc2ccccc2)cc1. The molecule has 0 amide bonds. The molecule has 0 spiro atoms. The number of carbonyl (C=O) groups is 1. The molecule has 0 bridgehead atoms. The smallest absolute Gasteiger partial charge is 0.429 e. The van der Waals surface area contributed by atoms with Crippen molar-refractivity contribution >= 4 is 12.2 Å². The highest BCUT2D eigenvalue weighted by molar-refractivity contribution is 5.64. The maximum Gasteiger partial charge on any atom is 0.514 e. The lowest BCUT2D eigenvalue weighted by Crippen LogP contribution is -2.10. The van der Waals surface area contributed by atoms with Crippen molar-refractivity contribution in [3.05, 3.63) is 72.3 Å². The molecular formula is C16H14O3. The lowest BCUT2D eigenvalue weighted by Gasteiger charge is -2.06. The van der Waals surface area contributed by atoms with Gasteiger partial charge in [0.25, 0.3) is 0 Å². The van der Waals surface area contributed by atoms with Crippen molar-refractivity contribution in [1.29, 1.82) is 0 Å². The molecule has 96 valence electrons. The van der Waals surface area contributed by atoms with Crippen LogP contribution < -0.4 is 4.74 Å². The van der Waals surface area contributed by atoms with Crippen LogP contribution in [-0.2, 0) is 11.3 Å². The Kier molecular flexibility index (Phi) is 4.34. The average molecular weight is 254 g/mol. The minimum atomic E-state index is -0.713. The summed E-state index contributed by atoms with van der Waals surface area (Å²) in [7, 11) is 0. The van der Waals surface area contributed by atoms with Crippen molar-refractivity contribution in [2.45, 2.75) is 6.61 Å². The Balaban J connectivity index is 1.85. The molecule has 0 atom stereocenters. The van der Waals surface area contributed by atoms with E-state index in [0.29, 0.717) is 5.75 Å². The predicted octanol–water partition coefficient (Wildman–Crippen LogP) is 4.05. The second-order valence-electron chi connectivity index (χ2n) is 3.90. The zero-order valence-electron chi connectivity index (χ0n) is 10.4. The quantitative estimate of drug-likeness (QED) is 0.610. The molecule has 0 aliphatic heterocycles. The Morgan fingerprint density at radius 3 is 2.37 bits per heavy atom. The van der Waals surface area contributed by atoms with Gasteiger partial charge in [0.05, 0.1) is 0 Å². The van der Waals surface area contributed by atoms with Crippen LogP contribution in [0.2, 0.25) is 0 Å². The number of benzene rings is 2. The van der Waals surface area contributed by atoms with Crippen LogP contribution in [0.5, 0.6) is 5.75 Å². The summed E-state index contributed by atoms with van der Waals surface area (Å²) < 4.78 is 10.0. The van der Waals surface area contributed by atoms with Crippen molar-refractivity contribution < 1.29 is 14.3 Å². The minimum absolute atomic E-state index is 0.199. The highest BCUT2D eigenvalue weighted by Crippen LogP contribution is 2.13. The summed E-state index contributed by atoms with van der Waals surface area (Å²) in [6, 6.07) is 16.5. The standard InChI is InChI=1S/C16H14O3/c1-2-13-8-10-15(11-9-13)19-16(17)18-12-14-6-4-3-5-7-14/h2-11H,1,12H2. The van der Waals surface area contributed by atoms with Gasteiger partial charge in [-0.25, -0.2) is 4.79 Å². The topological polar surface area (TPSA) is 35.5 Å². The highest BCUT2D eigenvalue weighted by atomic mass is 16.7. The molecule has 2 aromatic rings. The Hall–Kier alpha value is -2.55. The molecule has 0 aliphatic carbocycles. The fourth-order valence-corrected chi connectivity index (χ4v) is 1.51. The fraction of sp³-hybridized carbons (Fsp3) is 0.0625. The van der Waals surface area contributed by atoms with Crippen molar-refractivity contribution in [3.63, 3.8) is 0 Å². The molecule has 2 rings (SSSR count). The fourth-order valence-electron chi connectivity index (χ4n) is 1.51. The van der Waals surface area contributed by atoms with Gasteiger partial charge in [-0.3, -0.25) is 0 Å². The predicted molar refractivity (Wildman–Crippen MR) is 73.8 cm³/mol. The summed E-state index contributed by atoms with van der Waals surface area (Å²) in [5.74, 6) is 0.448. The third-order valence-electron chi connectivity index (χ3n) is 2.52. The molecule has 0 radical (unpaired) electrons. The summed E-state index contributed by atoms with van der Waals surface area (Å²) in [4.78, 5) is 11.5. The first-order chi connectivity index (χ1) is 9.28. The molecule has 2 aromatic carbocycles. The average Bonchev–Trinajstić information content (AvgIpc) is 2.47. The third-order valence-corrected chi connectivity index (χ3v) is 2.52. The van der Waals surface area contributed by atoms with Crippen molar-refractivity contribution in [1.82, 2.24) is 0 Å². The first-order valence-corrected chi connectivity index (χ1v) is 5.89. The van der Waals surface area contributed by atoms with Crippen LogP contribution in [0.3, 0.4) is 0 Å². The van der Waals surface area contributed by atoms with Gasteiger partial charge in [0.2, 0.25) is 0 Å². The van der Waals surface area contributed by atoms with Gasteiger partial charge in [0.15, 0.2) is 0 Å². The summed E-state index contributed by atoms with van der Waals surface area (Å²) in [6.07, 6.45) is 1.01. The summed E-state index contributed by atoms with van der Waals surface area (Å²) in [5.41, 5.74) is 1.88. The van der Waals surface area contributed by atoms with Gasteiger partial charge >= 0.3 is 6.16 Å². The largest absolute Gasteiger partial charge is 0.514 e. The Morgan fingerprint density at radius 1 is 1.05 bits per heavy atom. The van der Waals surface area contributed by atoms with Crippen molar-refractivity contribution in [2.75, 3.05) is 0 Å². The third kappa shape index (κ3) is 4.00. The molecule has 0 fully saturated rings. The highest BCUT2D eigenvalue weighted by Gasteiger charge is 2.06. The normalized spacial score (nSPS) is 9.68. The number of hydrogen-bond acceptors (Lipinski definition) is 3. The first-order valence-electron chi connectivity index (χ1n) is 5.89. The van der Waals surface area contributed by atoms with Gasteiger partial charge in [0.1, 0.15) is 12.4 Å². The zero-order chi connectivity index (χ0) is 13.5. The number of hydrogen-bond donors (Lipinski definition) is 0. The van der Waals surface area contributed by atoms with Gasteiger partial charge in [-0.05, 0) is 23.3 Å². The maximum absolute atomic E-state index is 11.5. The molecule has 3 heteroatoms. The number of rotatable bonds is 4. The molecule has 0 unspecified atom stereocenters. The van der Waals surface area contributed by atoms with Gasteiger partial charge < -0.3 is 9.47 Å². The van der Waals surface area contributed by atoms with E-state index in [1.165, 1.54) is 0 Å². The van der Waals surface area contributed by atoms with E-state index in [0.717, 1.165) is 11.1 Å². The van der Waals surface area contributed by atoms with E-state index in [4.69, 9.17) is 9.47 Å². The molecule has 0 N–H and O–H groups in total. The lowest BCUT2D eigenvalue weighted by molar-refractivity contribution is 0.0928. The van der Waals surface area contributed by atoms with Crippen LogP contribution in [0, 0.1) is 0 Å². The van der Waals surface area contributed by atoms with E-state index < -0.39 is 6.16 Å². The van der Waals surface area contributed by atoms with E-state index >= 15 is 0 Å². The van der Waals surface area contributed by atoms with Gasteiger partial charge in [-0.15, -0.1) is 0 Å². The molecule has 0 aliphatic rings. The van der Waals surface area contributed by atoms with Crippen LogP contribution in [0.25, 0.3) is 6.08 Å². The van der Waals surface area contributed by atoms with Crippen LogP contribution in [0.4, 0.5) is 4.79 Å². The van der Waals surface area contributed by atoms with E-state index in [9.17, 15) is 4.79 Å². The number of ether oxygens (including phenoxy) is 2. The summed E-state index contributed by atoms with van der Waals surface area (Å²) in [5, 5.41) is 0. The first kappa shape index (κ1) is 12.9. The lowest BCUT2D eigenvalue weighted by atomic mass is 10.2. The summed E-state index contributed by atoms with van der Waals surface area (Å²) >= 11 is 0. The maximum atomic E-state index is 11.5. The van der Waals surface area contributed by atoms with Gasteiger partial charge in [-0.2, -0.15) is 0 Å². The van der Waals surface area contributed by atoms with Crippen molar-refractivity contribution in [3.8, 4) is 5.75 Å². The Morgan fingerprint density at radius 2 is 1.74 bits per heavy atom.